The van der Waals surface area contributed by atoms with Gasteiger partial charge in [-0.3, -0.25) is 10.2 Å². The molecule has 222 valence electrons. The zero-order valence-electron chi connectivity index (χ0n) is 25.4. The molecule has 9 rings (SSSR count). The maximum Gasteiger partial charge on any atom is 0.0565 e. The Morgan fingerprint density at radius 2 is 0.872 bits per heavy atom. The van der Waals surface area contributed by atoms with Gasteiger partial charge >= 0.3 is 0 Å². The topological polar surface area (TPSA) is 60.6 Å². The fourth-order valence-corrected chi connectivity index (χ4v) is 6.72. The summed E-state index contributed by atoms with van der Waals surface area (Å²) < 4.78 is 0. The van der Waals surface area contributed by atoms with E-state index in [9.17, 15) is 0 Å². The van der Waals surface area contributed by atoms with Crippen LogP contribution in [-0.4, -0.2) is 20.4 Å². The fraction of sp³-hybridized carbons (Fsp3) is 0. The van der Waals surface area contributed by atoms with Crippen molar-refractivity contribution in [1.82, 2.24) is 20.4 Å². The van der Waals surface area contributed by atoms with Gasteiger partial charge in [-0.15, -0.1) is 0 Å². The first-order valence-corrected chi connectivity index (χ1v) is 15.7. The van der Waals surface area contributed by atoms with Crippen molar-refractivity contribution in [2.45, 2.75) is 0 Å². The van der Waals surface area contributed by atoms with E-state index in [4.69, 9.17) is 0 Å². The lowest BCUT2D eigenvalue weighted by molar-refractivity contribution is 1.09. The van der Waals surface area contributed by atoms with Crippen molar-refractivity contribution in [2.24, 2.45) is 0 Å². The number of rotatable bonds is 6. The Morgan fingerprint density at radius 1 is 0.383 bits per heavy atom. The number of aromatic amines is 2. The van der Waals surface area contributed by atoms with Crippen molar-refractivity contribution in [3.63, 3.8) is 0 Å². The maximum atomic E-state index is 4.12. The summed E-state index contributed by atoms with van der Waals surface area (Å²) in [6, 6.07) is 50.5. The van der Waals surface area contributed by atoms with Gasteiger partial charge in [0.25, 0.3) is 0 Å². The maximum absolute atomic E-state index is 4.12. The van der Waals surface area contributed by atoms with Gasteiger partial charge in [-0.05, 0) is 103 Å². The first kappa shape index (κ1) is 26.9. The SMILES string of the molecule is c1ccc2c(-c3ccc4cc(N(c5ccc(-c6cn[nH]c6)cc5)c5ccc(-c6cn[nH]c6)cc5)ccc4c3)c3ccccc3cc2c1. The minimum Gasteiger partial charge on any atom is -0.310 e. The molecule has 5 nitrogen and oxygen atoms in total. The molecule has 0 aliphatic carbocycles. The molecule has 0 aliphatic heterocycles. The summed E-state index contributed by atoms with van der Waals surface area (Å²) in [5, 5.41) is 21.5. The lowest BCUT2D eigenvalue weighted by atomic mass is 9.91. The highest BCUT2D eigenvalue weighted by Gasteiger charge is 2.16. The molecule has 2 heterocycles. The van der Waals surface area contributed by atoms with Gasteiger partial charge in [-0.2, -0.15) is 10.2 Å². The van der Waals surface area contributed by atoms with Crippen molar-refractivity contribution >= 4 is 49.4 Å². The highest BCUT2D eigenvalue weighted by molar-refractivity contribution is 6.13. The van der Waals surface area contributed by atoms with Crippen LogP contribution in [0.2, 0.25) is 0 Å². The quantitative estimate of drug-likeness (QED) is 0.186. The van der Waals surface area contributed by atoms with E-state index in [-0.39, 0.29) is 0 Å². The number of benzene rings is 7. The van der Waals surface area contributed by atoms with Crippen LogP contribution in [-0.2, 0) is 0 Å². The third kappa shape index (κ3) is 4.82. The molecule has 0 aliphatic rings. The van der Waals surface area contributed by atoms with Crippen LogP contribution in [0.4, 0.5) is 17.1 Å². The molecule has 2 N–H and O–H groups in total. The van der Waals surface area contributed by atoms with Gasteiger partial charge in [0.05, 0.1) is 12.4 Å². The standard InChI is InChI=1S/C42H29N5/c1-3-7-40-32(5-1)22-33-6-2-4-8-41(33)42(40)34-10-9-31-23-39(20-15-30(31)21-34)47(37-16-11-28(12-17-37)35-24-43-44-25-35)38-18-13-29(14-19-38)36-26-45-46-27-36/h1-27H,(H,43,44)(H,45,46). The summed E-state index contributed by atoms with van der Waals surface area (Å²) in [7, 11) is 0. The van der Waals surface area contributed by atoms with Crippen molar-refractivity contribution in [3.05, 3.63) is 164 Å². The molecule has 47 heavy (non-hydrogen) atoms. The molecular formula is C42H29N5. The number of hydrogen-bond donors (Lipinski definition) is 2. The first-order valence-electron chi connectivity index (χ1n) is 15.7. The monoisotopic (exact) mass is 603 g/mol. The van der Waals surface area contributed by atoms with Crippen LogP contribution in [0, 0.1) is 0 Å². The second kappa shape index (κ2) is 11.2. The average Bonchev–Trinajstić information content (AvgIpc) is 3.87. The molecular weight excluding hydrogens is 574 g/mol. The lowest BCUT2D eigenvalue weighted by Crippen LogP contribution is -2.09. The number of anilines is 3. The van der Waals surface area contributed by atoms with Crippen molar-refractivity contribution in [3.8, 4) is 33.4 Å². The number of H-pyrrole nitrogens is 2. The zero-order valence-corrected chi connectivity index (χ0v) is 25.4. The first-order chi connectivity index (χ1) is 23.3. The van der Waals surface area contributed by atoms with Gasteiger partial charge < -0.3 is 4.90 Å². The third-order valence-corrected chi connectivity index (χ3v) is 9.06. The molecule has 0 fully saturated rings. The molecule has 5 heteroatoms. The molecule has 0 saturated heterocycles. The summed E-state index contributed by atoms with van der Waals surface area (Å²) >= 11 is 0. The molecule has 0 unspecified atom stereocenters. The van der Waals surface area contributed by atoms with E-state index < -0.39 is 0 Å². The largest absolute Gasteiger partial charge is 0.310 e. The predicted molar refractivity (Wildman–Crippen MR) is 194 cm³/mol. The molecule has 0 bridgehead atoms. The highest BCUT2D eigenvalue weighted by Crippen LogP contribution is 2.40. The molecule has 0 saturated carbocycles. The Morgan fingerprint density at radius 3 is 1.43 bits per heavy atom. The van der Waals surface area contributed by atoms with Crippen LogP contribution >= 0.6 is 0 Å². The number of aromatic nitrogens is 4. The number of hydrogen-bond acceptors (Lipinski definition) is 3. The fourth-order valence-electron chi connectivity index (χ4n) is 6.72. The van der Waals surface area contributed by atoms with Gasteiger partial charge in [0.1, 0.15) is 0 Å². The van der Waals surface area contributed by atoms with Gasteiger partial charge in [0, 0.05) is 40.6 Å². The summed E-state index contributed by atoms with van der Waals surface area (Å²) in [6.07, 6.45) is 7.53. The second-order valence-electron chi connectivity index (χ2n) is 11.8. The summed E-state index contributed by atoms with van der Waals surface area (Å²) in [5.41, 5.74) is 10.1. The van der Waals surface area contributed by atoms with Gasteiger partial charge in [0.15, 0.2) is 0 Å². The van der Waals surface area contributed by atoms with Crippen LogP contribution in [0.15, 0.2) is 164 Å². The third-order valence-electron chi connectivity index (χ3n) is 9.06. The normalized spacial score (nSPS) is 11.4. The van der Waals surface area contributed by atoms with E-state index in [2.05, 4.69) is 165 Å². The Hall–Kier alpha value is -6.46. The second-order valence-corrected chi connectivity index (χ2v) is 11.8. The molecule has 0 amide bonds. The average molecular weight is 604 g/mol. The molecule has 9 aromatic rings. The van der Waals surface area contributed by atoms with Crippen LogP contribution in [0.5, 0.6) is 0 Å². The van der Waals surface area contributed by atoms with Crippen LogP contribution in [0.25, 0.3) is 65.7 Å². The molecule has 2 aromatic heterocycles. The van der Waals surface area contributed by atoms with E-state index in [0.29, 0.717) is 0 Å². The number of fused-ring (bicyclic) bond motifs is 3. The van der Waals surface area contributed by atoms with E-state index in [1.807, 2.05) is 24.8 Å². The zero-order chi connectivity index (χ0) is 31.2. The van der Waals surface area contributed by atoms with Crippen molar-refractivity contribution in [1.29, 1.82) is 0 Å². The Balaban J connectivity index is 1.15. The Kier molecular flexibility index (Phi) is 6.39. The minimum absolute atomic E-state index is 1.06. The number of nitrogens with one attached hydrogen (secondary N) is 2. The summed E-state index contributed by atoms with van der Waals surface area (Å²) in [5.74, 6) is 0. The summed E-state index contributed by atoms with van der Waals surface area (Å²) in [4.78, 5) is 2.31. The van der Waals surface area contributed by atoms with Crippen LogP contribution in [0.1, 0.15) is 0 Å². The molecule has 7 aromatic carbocycles. The molecule has 0 atom stereocenters. The molecule has 0 radical (unpaired) electrons. The van der Waals surface area contributed by atoms with Crippen LogP contribution < -0.4 is 4.90 Å². The van der Waals surface area contributed by atoms with Crippen LogP contribution in [0.3, 0.4) is 0 Å². The van der Waals surface area contributed by atoms with Crippen molar-refractivity contribution in [2.75, 3.05) is 4.90 Å². The Bertz CT molecular complexity index is 2360. The van der Waals surface area contributed by atoms with E-state index in [1.54, 1.807) is 0 Å². The lowest BCUT2D eigenvalue weighted by Gasteiger charge is -2.26. The smallest absolute Gasteiger partial charge is 0.0565 e. The van der Waals surface area contributed by atoms with Gasteiger partial charge in [-0.25, -0.2) is 0 Å². The number of nitrogens with zero attached hydrogens (tertiary/aromatic N) is 3. The minimum atomic E-state index is 1.06. The molecule has 0 spiro atoms. The van der Waals surface area contributed by atoms with E-state index in [0.717, 1.165) is 39.3 Å². The van der Waals surface area contributed by atoms with Gasteiger partial charge in [0.2, 0.25) is 0 Å². The van der Waals surface area contributed by atoms with Crippen molar-refractivity contribution < 1.29 is 0 Å². The Labute approximate surface area is 271 Å². The van der Waals surface area contributed by atoms with Gasteiger partial charge in [-0.1, -0.05) is 91.0 Å². The van der Waals surface area contributed by atoms with E-state index in [1.165, 1.54) is 43.4 Å². The predicted octanol–water partition coefficient (Wildman–Crippen LogP) is 11.1. The highest BCUT2D eigenvalue weighted by atomic mass is 15.1. The van der Waals surface area contributed by atoms with E-state index >= 15 is 0 Å². The summed E-state index contributed by atoms with van der Waals surface area (Å²) in [6.45, 7) is 0.